The zero-order valence-electron chi connectivity index (χ0n) is 14.7. The van der Waals surface area contributed by atoms with Gasteiger partial charge in [-0.25, -0.2) is 4.98 Å². The minimum atomic E-state index is -0.0548. The summed E-state index contributed by atoms with van der Waals surface area (Å²) in [6.07, 6.45) is 5.38. The van der Waals surface area contributed by atoms with Crippen molar-refractivity contribution in [1.29, 1.82) is 0 Å². The molecule has 1 saturated carbocycles. The molecule has 2 aromatic rings. The maximum Gasteiger partial charge on any atom is 0.239 e. The normalized spacial score (nSPS) is 20.8. The molecule has 2 fully saturated rings. The molecule has 2 aromatic heterocycles. The van der Waals surface area contributed by atoms with E-state index in [9.17, 15) is 4.79 Å². The first-order chi connectivity index (χ1) is 12.1. The Bertz CT molecular complexity index is 729. The fraction of sp³-hybridized carbons (Fsp3) is 0.588. The maximum absolute atomic E-state index is 12.5. The van der Waals surface area contributed by atoms with E-state index in [4.69, 9.17) is 4.52 Å². The highest BCUT2D eigenvalue weighted by Crippen LogP contribution is 2.55. The average Bonchev–Trinajstić information content (AvgIpc) is 2.93. The molecule has 2 N–H and O–H groups in total. The van der Waals surface area contributed by atoms with Crippen LogP contribution in [-0.2, 0) is 11.3 Å². The fourth-order valence-corrected chi connectivity index (χ4v) is 4.52. The van der Waals surface area contributed by atoms with E-state index in [1.54, 1.807) is 17.4 Å². The van der Waals surface area contributed by atoms with Gasteiger partial charge in [-0.2, -0.15) is 0 Å². The molecule has 142 valence electrons. The van der Waals surface area contributed by atoms with Crippen molar-refractivity contribution < 1.29 is 9.32 Å². The topological polar surface area (TPSA) is 83.3 Å². The molecule has 2 aliphatic rings. The predicted octanol–water partition coefficient (Wildman–Crippen LogP) is 2.44. The number of carbonyl (C=O) groups is 1. The highest BCUT2D eigenvalue weighted by molar-refractivity contribution is 7.09. The number of nitrogens with one attached hydrogen (secondary N) is 2. The number of aromatic nitrogens is 2. The van der Waals surface area contributed by atoms with Crippen molar-refractivity contribution in [2.75, 3.05) is 25.0 Å². The number of halogens is 1. The molecule has 0 bridgehead atoms. The van der Waals surface area contributed by atoms with E-state index >= 15 is 0 Å². The van der Waals surface area contributed by atoms with Crippen molar-refractivity contribution in [3.05, 3.63) is 28.4 Å². The first-order valence-electron chi connectivity index (χ1n) is 8.71. The second-order valence-corrected chi connectivity index (χ2v) is 8.01. The Morgan fingerprint density at radius 1 is 1.50 bits per heavy atom. The highest BCUT2D eigenvalue weighted by atomic mass is 35.5. The molecule has 1 spiro atoms. The molecule has 4 rings (SSSR count). The number of anilines is 1. The summed E-state index contributed by atoms with van der Waals surface area (Å²) in [7, 11) is 0. The van der Waals surface area contributed by atoms with Crippen LogP contribution in [0.4, 0.5) is 5.82 Å². The van der Waals surface area contributed by atoms with Gasteiger partial charge in [0, 0.05) is 23.7 Å². The van der Waals surface area contributed by atoms with E-state index < -0.39 is 0 Å². The summed E-state index contributed by atoms with van der Waals surface area (Å²) in [6.45, 7) is 5.04. The van der Waals surface area contributed by atoms with Gasteiger partial charge in [0.05, 0.1) is 13.1 Å². The summed E-state index contributed by atoms with van der Waals surface area (Å²) in [5, 5.41) is 13.1. The molecule has 3 heterocycles. The van der Waals surface area contributed by atoms with E-state index in [-0.39, 0.29) is 18.3 Å². The Balaban J connectivity index is 0.00000196. The van der Waals surface area contributed by atoms with Crippen LogP contribution in [0.1, 0.15) is 30.0 Å². The average molecular weight is 398 g/mol. The molecule has 26 heavy (non-hydrogen) atoms. The Labute approximate surface area is 162 Å². The molecule has 0 aromatic carbocycles. The number of carbonyl (C=O) groups excluding carboxylic acids is 1. The van der Waals surface area contributed by atoms with Crippen LogP contribution in [0.2, 0.25) is 0 Å². The molecular formula is C17H24ClN5O2S. The largest absolute Gasteiger partial charge is 0.360 e. The van der Waals surface area contributed by atoms with Crippen molar-refractivity contribution in [3.63, 3.8) is 0 Å². The van der Waals surface area contributed by atoms with Crippen molar-refractivity contribution in [3.8, 4) is 0 Å². The SMILES string of the molecule is Cc1cc(NC(=O)CN(Cc2nccs2)C2CC23CCNCC3)no1.Cl. The van der Waals surface area contributed by atoms with Gasteiger partial charge < -0.3 is 15.2 Å². The summed E-state index contributed by atoms with van der Waals surface area (Å²) in [5.41, 5.74) is 0.382. The van der Waals surface area contributed by atoms with Gasteiger partial charge in [-0.3, -0.25) is 9.69 Å². The summed E-state index contributed by atoms with van der Waals surface area (Å²) in [5.74, 6) is 1.11. The second kappa shape index (κ2) is 8.04. The first-order valence-corrected chi connectivity index (χ1v) is 9.59. The summed E-state index contributed by atoms with van der Waals surface area (Å²) >= 11 is 1.64. The van der Waals surface area contributed by atoms with Crippen LogP contribution in [0.5, 0.6) is 0 Å². The molecule has 1 atom stereocenters. The minimum Gasteiger partial charge on any atom is -0.360 e. The lowest BCUT2D eigenvalue weighted by Gasteiger charge is -2.28. The minimum absolute atomic E-state index is 0. The first kappa shape index (κ1) is 19.3. The second-order valence-electron chi connectivity index (χ2n) is 7.03. The summed E-state index contributed by atoms with van der Waals surface area (Å²) < 4.78 is 5.01. The van der Waals surface area contributed by atoms with Crippen LogP contribution in [-0.4, -0.2) is 46.6 Å². The van der Waals surface area contributed by atoms with Gasteiger partial charge in [0.25, 0.3) is 0 Å². The zero-order valence-corrected chi connectivity index (χ0v) is 16.4. The van der Waals surface area contributed by atoms with Crippen LogP contribution in [0.25, 0.3) is 0 Å². The Morgan fingerprint density at radius 2 is 2.31 bits per heavy atom. The third-order valence-corrected chi connectivity index (χ3v) is 6.02. The number of hydrogen-bond donors (Lipinski definition) is 2. The van der Waals surface area contributed by atoms with Crippen molar-refractivity contribution in [1.82, 2.24) is 20.4 Å². The van der Waals surface area contributed by atoms with E-state index in [1.165, 1.54) is 19.3 Å². The lowest BCUT2D eigenvalue weighted by molar-refractivity contribution is -0.117. The number of hydrogen-bond acceptors (Lipinski definition) is 7. The van der Waals surface area contributed by atoms with Crippen molar-refractivity contribution in [2.24, 2.45) is 5.41 Å². The van der Waals surface area contributed by atoms with Crippen LogP contribution in [0.15, 0.2) is 22.2 Å². The lowest BCUT2D eigenvalue weighted by atomic mass is 9.93. The molecule has 7 nitrogen and oxygen atoms in total. The number of rotatable bonds is 6. The molecule has 9 heteroatoms. The fourth-order valence-electron chi connectivity index (χ4n) is 3.88. The standard InChI is InChI=1S/C17H23N5O2S.ClH/c1-12-8-14(21-24-12)20-15(23)10-22(11-16-19-6-7-25-16)13-9-17(13)2-4-18-5-3-17;/h6-8,13,18H,2-5,9-11H2,1H3,(H,20,21,23);1H. The van der Waals surface area contributed by atoms with Gasteiger partial charge in [0.1, 0.15) is 10.8 Å². The molecule has 1 amide bonds. The van der Waals surface area contributed by atoms with Crippen LogP contribution < -0.4 is 10.6 Å². The number of thiazole rings is 1. The van der Waals surface area contributed by atoms with E-state index in [2.05, 4.69) is 25.7 Å². The monoisotopic (exact) mass is 397 g/mol. The van der Waals surface area contributed by atoms with Gasteiger partial charge >= 0.3 is 0 Å². The number of nitrogens with zero attached hydrogens (tertiary/aromatic N) is 3. The number of aryl methyl sites for hydroxylation is 1. The molecule has 1 aliphatic heterocycles. The Morgan fingerprint density at radius 3 is 2.96 bits per heavy atom. The van der Waals surface area contributed by atoms with Crippen LogP contribution in [0, 0.1) is 12.3 Å². The molecule has 0 radical (unpaired) electrons. The van der Waals surface area contributed by atoms with Crippen molar-refractivity contribution in [2.45, 2.75) is 38.8 Å². The number of amides is 1. The third-order valence-electron chi connectivity index (χ3n) is 5.25. The molecule has 1 aliphatic carbocycles. The molecule has 1 unspecified atom stereocenters. The van der Waals surface area contributed by atoms with Gasteiger partial charge in [-0.1, -0.05) is 5.16 Å². The zero-order chi connectivity index (χ0) is 17.3. The maximum atomic E-state index is 12.5. The molecule has 1 saturated heterocycles. The summed E-state index contributed by atoms with van der Waals surface area (Å²) in [4.78, 5) is 19.2. The smallest absolute Gasteiger partial charge is 0.239 e. The Hall–Kier alpha value is -1.48. The van der Waals surface area contributed by atoms with Gasteiger partial charge in [0.15, 0.2) is 5.82 Å². The van der Waals surface area contributed by atoms with E-state index in [0.29, 0.717) is 29.6 Å². The Kier molecular flexibility index (Phi) is 5.96. The number of piperidine rings is 1. The van der Waals surface area contributed by atoms with Gasteiger partial charge in [0.2, 0.25) is 5.91 Å². The highest BCUT2D eigenvalue weighted by Gasteiger charge is 2.56. The molecular weight excluding hydrogens is 374 g/mol. The van der Waals surface area contributed by atoms with Crippen molar-refractivity contribution >= 4 is 35.5 Å². The van der Waals surface area contributed by atoms with Crippen LogP contribution >= 0.6 is 23.7 Å². The lowest BCUT2D eigenvalue weighted by Crippen LogP contribution is -2.39. The third kappa shape index (κ3) is 4.25. The quantitative estimate of drug-likeness (QED) is 0.779. The summed E-state index contributed by atoms with van der Waals surface area (Å²) in [6, 6.07) is 2.19. The van der Waals surface area contributed by atoms with E-state index in [1.807, 2.05) is 18.5 Å². The van der Waals surface area contributed by atoms with Crippen LogP contribution in [0.3, 0.4) is 0 Å². The van der Waals surface area contributed by atoms with E-state index in [0.717, 1.165) is 24.6 Å². The van der Waals surface area contributed by atoms with Gasteiger partial charge in [-0.15, -0.1) is 23.7 Å². The predicted molar refractivity (Wildman–Crippen MR) is 103 cm³/mol. The van der Waals surface area contributed by atoms with Gasteiger partial charge in [-0.05, 0) is 44.7 Å².